The van der Waals surface area contributed by atoms with E-state index in [4.69, 9.17) is 27.6 Å². The van der Waals surface area contributed by atoms with Gasteiger partial charge in [-0.3, -0.25) is 0 Å². The topological polar surface area (TPSA) is 60.6 Å². The molecule has 120 valence electrons. The van der Waals surface area contributed by atoms with Crippen molar-refractivity contribution in [1.29, 1.82) is 0 Å². The fourth-order valence-corrected chi connectivity index (χ4v) is 2.05. The van der Waals surface area contributed by atoms with Gasteiger partial charge in [-0.2, -0.15) is 4.98 Å². The van der Waals surface area contributed by atoms with E-state index in [0.717, 1.165) is 0 Å². The highest BCUT2D eigenvalue weighted by Gasteiger charge is 2.16. The molecule has 1 N–H and O–H groups in total. The molecule has 2 rings (SSSR count). The van der Waals surface area contributed by atoms with Gasteiger partial charge in [-0.25, -0.2) is 9.83 Å². The first-order chi connectivity index (χ1) is 11.0. The highest BCUT2D eigenvalue weighted by Crippen LogP contribution is 2.36. The van der Waals surface area contributed by atoms with Gasteiger partial charge in [0.1, 0.15) is 6.33 Å². The predicted molar refractivity (Wildman–Crippen MR) is 90.0 cm³/mol. The third-order valence-corrected chi connectivity index (χ3v) is 3.05. The van der Waals surface area contributed by atoms with Gasteiger partial charge in [-0.15, -0.1) is 0 Å². The first-order valence-corrected chi connectivity index (χ1v) is 7.51. The lowest BCUT2D eigenvalue weighted by molar-refractivity contribution is 0.214. The van der Waals surface area contributed by atoms with Crippen LogP contribution in [0.3, 0.4) is 0 Å². The van der Waals surface area contributed by atoms with E-state index in [1.54, 1.807) is 18.2 Å². The third kappa shape index (κ3) is 4.24. The molecule has 0 saturated carbocycles. The monoisotopic (exact) mass is 332 g/mol. The molecule has 0 bridgehead atoms. The van der Waals surface area contributed by atoms with Gasteiger partial charge < -0.3 is 14.8 Å². The van der Waals surface area contributed by atoms with Gasteiger partial charge in [0.05, 0.1) is 30.0 Å². The molecule has 7 heteroatoms. The summed E-state index contributed by atoms with van der Waals surface area (Å²) in [6.07, 6.45) is 1.35. The summed E-state index contributed by atoms with van der Waals surface area (Å²) in [5, 5.41) is 3.52. The molecule has 6 nitrogen and oxygen atoms in total. The lowest BCUT2D eigenvalue weighted by Gasteiger charge is -2.16. The van der Waals surface area contributed by atoms with Crippen LogP contribution in [0.2, 0.25) is 5.02 Å². The largest absolute Gasteiger partial charge is 0.486 e. The predicted octanol–water partition coefficient (Wildman–Crippen LogP) is 4.61. The number of hydrogen-bond donors (Lipinski definition) is 1. The maximum Gasteiger partial charge on any atom is 0.262 e. The average Bonchev–Trinajstić information content (AvgIpc) is 2.51. The SMILES string of the molecule is [C-]#[N+]c1ccc(Nc2ncnc(OC(C)C)c2OCC)c(Cl)c1. The molecule has 0 aliphatic rings. The first-order valence-electron chi connectivity index (χ1n) is 7.13. The van der Waals surface area contributed by atoms with Crippen LogP contribution in [0.4, 0.5) is 17.2 Å². The smallest absolute Gasteiger partial charge is 0.262 e. The van der Waals surface area contributed by atoms with Crippen LogP contribution >= 0.6 is 11.6 Å². The van der Waals surface area contributed by atoms with Crippen LogP contribution in [0, 0.1) is 6.57 Å². The van der Waals surface area contributed by atoms with E-state index in [1.165, 1.54) is 6.33 Å². The molecule has 0 unspecified atom stereocenters. The Hall–Kier alpha value is -2.52. The zero-order chi connectivity index (χ0) is 16.8. The zero-order valence-corrected chi connectivity index (χ0v) is 13.9. The summed E-state index contributed by atoms with van der Waals surface area (Å²) in [6.45, 7) is 13.1. The van der Waals surface area contributed by atoms with Crippen molar-refractivity contribution in [2.75, 3.05) is 11.9 Å². The molecule has 1 aromatic heterocycles. The molecule has 0 radical (unpaired) electrons. The maximum absolute atomic E-state index is 7.00. The van der Waals surface area contributed by atoms with Crippen molar-refractivity contribution in [3.8, 4) is 11.6 Å². The maximum atomic E-state index is 7.00. The second-order valence-electron chi connectivity index (χ2n) is 4.86. The van der Waals surface area contributed by atoms with Gasteiger partial charge in [-0.05, 0) is 32.9 Å². The Balaban J connectivity index is 2.37. The second kappa shape index (κ2) is 7.65. The van der Waals surface area contributed by atoms with Gasteiger partial charge in [0.25, 0.3) is 5.88 Å². The molecule has 0 fully saturated rings. The summed E-state index contributed by atoms with van der Waals surface area (Å²) in [7, 11) is 0. The van der Waals surface area contributed by atoms with Crippen LogP contribution in [-0.4, -0.2) is 22.7 Å². The van der Waals surface area contributed by atoms with Crippen LogP contribution in [0.25, 0.3) is 4.85 Å². The van der Waals surface area contributed by atoms with Crippen LogP contribution in [0.15, 0.2) is 24.5 Å². The Bertz CT molecular complexity index is 729. The minimum absolute atomic E-state index is 0.0431. The Labute approximate surface area is 140 Å². The molecule has 1 heterocycles. The third-order valence-electron chi connectivity index (χ3n) is 2.74. The molecule has 0 amide bonds. The molecular weight excluding hydrogens is 316 g/mol. The second-order valence-corrected chi connectivity index (χ2v) is 5.26. The Morgan fingerprint density at radius 2 is 2.13 bits per heavy atom. The van der Waals surface area contributed by atoms with E-state index in [0.29, 0.717) is 40.5 Å². The molecule has 2 aromatic rings. The van der Waals surface area contributed by atoms with Crippen LogP contribution < -0.4 is 14.8 Å². The molecule has 23 heavy (non-hydrogen) atoms. The van der Waals surface area contributed by atoms with Gasteiger partial charge in [0.15, 0.2) is 11.5 Å². The summed E-state index contributed by atoms with van der Waals surface area (Å²) in [6, 6.07) is 4.98. The van der Waals surface area contributed by atoms with Gasteiger partial charge in [0.2, 0.25) is 5.75 Å². The van der Waals surface area contributed by atoms with Crippen molar-refractivity contribution < 1.29 is 9.47 Å². The Morgan fingerprint density at radius 3 is 2.74 bits per heavy atom. The van der Waals surface area contributed by atoms with E-state index < -0.39 is 0 Å². The molecule has 0 aliphatic carbocycles. The van der Waals surface area contributed by atoms with Crippen molar-refractivity contribution in [2.24, 2.45) is 0 Å². The standard InChI is InChI=1S/C16H17ClN4O2/c1-5-22-14-15(19-9-20-16(14)23-10(2)3)21-13-7-6-11(18-4)8-12(13)17/h6-10H,5H2,1-3H3,(H,19,20,21). The molecule has 0 aliphatic heterocycles. The lowest BCUT2D eigenvalue weighted by atomic mass is 10.3. The number of ether oxygens (including phenoxy) is 2. The average molecular weight is 333 g/mol. The number of hydrogen-bond acceptors (Lipinski definition) is 5. The van der Waals surface area contributed by atoms with Crippen LogP contribution in [0.1, 0.15) is 20.8 Å². The molecule has 1 aromatic carbocycles. The van der Waals surface area contributed by atoms with Gasteiger partial charge >= 0.3 is 0 Å². The number of aromatic nitrogens is 2. The fourth-order valence-electron chi connectivity index (χ4n) is 1.83. The Kier molecular flexibility index (Phi) is 5.61. The minimum atomic E-state index is -0.0431. The fraction of sp³-hybridized carbons (Fsp3) is 0.312. The molecule has 0 atom stereocenters. The van der Waals surface area contributed by atoms with Gasteiger partial charge in [0, 0.05) is 0 Å². The number of anilines is 2. The number of nitrogens with zero attached hydrogens (tertiary/aromatic N) is 3. The summed E-state index contributed by atoms with van der Waals surface area (Å²) in [5.41, 5.74) is 1.09. The summed E-state index contributed by atoms with van der Waals surface area (Å²) in [4.78, 5) is 11.7. The first kappa shape index (κ1) is 16.8. The number of benzene rings is 1. The molecule has 0 saturated heterocycles. The van der Waals surface area contributed by atoms with Crippen LogP contribution in [0.5, 0.6) is 11.6 Å². The van der Waals surface area contributed by atoms with Crippen molar-refractivity contribution in [1.82, 2.24) is 9.97 Å². The van der Waals surface area contributed by atoms with Crippen molar-refractivity contribution in [3.63, 3.8) is 0 Å². The summed E-state index contributed by atoms with van der Waals surface area (Å²) in [5.74, 6) is 1.25. The van der Waals surface area contributed by atoms with Crippen molar-refractivity contribution >= 4 is 28.8 Å². The Morgan fingerprint density at radius 1 is 1.35 bits per heavy atom. The highest BCUT2D eigenvalue weighted by molar-refractivity contribution is 6.33. The van der Waals surface area contributed by atoms with E-state index in [-0.39, 0.29) is 6.10 Å². The summed E-state index contributed by atoms with van der Waals surface area (Å²) < 4.78 is 11.3. The minimum Gasteiger partial charge on any atom is -0.486 e. The van der Waals surface area contributed by atoms with Gasteiger partial charge in [-0.1, -0.05) is 17.7 Å². The number of nitrogens with one attached hydrogen (secondary N) is 1. The summed E-state index contributed by atoms with van der Waals surface area (Å²) >= 11 is 6.19. The van der Waals surface area contributed by atoms with Crippen molar-refractivity contribution in [2.45, 2.75) is 26.9 Å². The quantitative estimate of drug-likeness (QED) is 0.783. The number of rotatable bonds is 6. The molecule has 0 spiro atoms. The van der Waals surface area contributed by atoms with E-state index in [2.05, 4.69) is 20.1 Å². The lowest BCUT2D eigenvalue weighted by Crippen LogP contribution is -2.10. The zero-order valence-electron chi connectivity index (χ0n) is 13.1. The van der Waals surface area contributed by atoms with Crippen molar-refractivity contribution in [3.05, 3.63) is 41.0 Å². The van der Waals surface area contributed by atoms with E-state index in [9.17, 15) is 0 Å². The number of halogens is 1. The molecular formula is C16H17ClN4O2. The van der Waals surface area contributed by atoms with Crippen LogP contribution in [-0.2, 0) is 0 Å². The normalized spacial score (nSPS) is 10.3. The van der Waals surface area contributed by atoms with E-state index in [1.807, 2.05) is 20.8 Å². The highest BCUT2D eigenvalue weighted by atomic mass is 35.5. The van der Waals surface area contributed by atoms with E-state index >= 15 is 0 Å².